The summed E-state index contributed by atoms with van der Waals surface area (Å²) in [7, 11) is 2.15. The van der Waals surface area contributed by atoms with E-state index >= 15 is 0 Å². The van der Waals surface area contributed by atoms with Crippen LogP contribution in [0.3, 0.4) is 0 Å². The van der Waals surface area contributed by atoms with Crippen molar-refractivity contribution in [3.63, 3.8) is 0 Å². The lowest BCUT2D eigenvalue weighted by molar-refractivity contribution is 0.0105. The maximum Gasteiger partial charge on any atom is 0.410 e. The van der Waals surface area contributed by atoms with Crippen molar-refractivity contribution in [3.05, 3.63) is 59.8 Å². The third-order valence-electron chi connectivity index (χ3n) is 6.66. The summed E-state index contributed by atoms with van der Waals surface area (Å²) in [5.41, 5.74) is 2.44. The molecule has 2 N–H and O–H groups in total. The number of halogens is 1. The summed E-state index contributed by atoms with van der Waals surface area (Å²) >= 11 is 6.36. The summed E-state index contributed by atoms with van der Waals surface area (Å²) in [6.07, 6.45) is 1.23. The van der Waals surface area contributed by atoms with E-state index in [-0.39, 0.29) is 18.0 Å². The summed E-state index contributed by atoms with van der Waals surface area (Å²) in [6.45, 7) is 10.9. The van der Waals surface area contributed by atoms with E-state index in [1.807, 2.05) is 57.2 Å². The highest BCUT2D eigenvalue weighted by Gasteiger charge is 2.33. The lowest BCUT2D eigenvalue weighted by Crippen LogP contribution is -2.57. The molecular weight excluding hydrogens is 530 g/mol. The number of ether oxygens (including phenoxy) is 2. The van der Waals surface area contributed by atoms with Crippen molar-refractivity contribution in [2.75, 3.05) is 61.8 Å². The fourth-order valence-electron chi connectivity index (χ4n) is 4.47. The molecule has 0 spiro atoms. The monoisotopic (exact) mass is 565 g/mol. The van der Waals surface area contributed by atoms with Crippen LogP contribution in [0, 0.1) is 0 Å². The Morgan fingerprint density at radius 1 is 1.02 bits per heavy atom. The van der Waals surface area contributed by atoms with Gasteiger partial charge in [-0.3, -0.25) is 0 Å². The highest BCUT2D eigenvalue weighted by molar-refractivity contribution is 6.31. The number of anilines is 4. The molecule has 11 heteroatoms. The molecule has 5 rings (SSSR count). The first-order chi connectivity index (χ1) is 19.1. The van der Waals surface area contributed by atoms with E-state index in [9.17, 15) is 4.79 Å². The molecule has 0 atom stereocenters. The van der Waals surface area contributed by atoms with E-state index in [2.05, 4.69) is 49.6 Å². The molecule has 2 fully saturated rings. The highest BCUT2D eigenvalue weighted by Crippen LogP contribution is 2.30. The Morgan fingerprint density at radius 3 is 2.45 bits per heavy atom. The van der Waals surface area contributed by atoms with Crippen LogP contribution in [0.15, 0.2) is 54.7 Å². The molecule has 2 aliphatic heterocycles. The second kappa shape index (κ2) is 11.8. The number of piperazine rings is 1. The van der Waals surface area contributed by atoms with Crippen LogP contribution in [0.1, 0.15) is 20.8 Å². The van der Waals surface area contributed by atoms with Crippen molar-refractivity contribution in [3.8, 4) is 11.6 Å². The minimum absolute atomic E-state index is 0.129. The van der Waals surface area contributed by atoms with Crippen LogP contribution in [0.5, 0.6) is 11.6 Å². The zero-order valence-electron chi connectivity index (χ0n) is 23.4. The number of carbonyl (C=O) groups is 1. The number of nitrogens with one attached hydrogen (secondary N) is 2. The second-order valence-electron chi connectivity index (χ2n) is 11.2. The van der Waals surface area contributed by atoms with E-state index in [0.29, 0.717) is 29.8 Å². The van der Waals surface area contributed by atoms with Crippen molar-refractivity contribution in [1.82, 2.24) is 19.8 Å². The van der Waals surface area contributed by atoms with Crippen LogP contribution >= 0.6 is 11.6 Å². The standard InChI is InChI=1S/C29H36ClN7O3/c1-29(2,3)40-28(38)37-18-22(19-37)32-21-6-5-7-24(16-21)39-26-25(30)17-31-27(34-26)33-20-8-10-23(11-9-20)36-14-12-35(4)13-15-36/h5-11,16-17,22,32H,12-15,18-19H2,1-4H3,(H,31,33,34). The topological polar surface area (TPSA) is 95.1 Å². The number of aromatic nitrogens is 2. The molecule has 3 heterocycles. The number of hydrogen-bond acceptors (Lipinski definition) is 9. The first-order valence-corrected chi connectivity index (χ1v) is 13.8. The number of hydrogen-bond donors (Lipinski definition) is 2. The first-order valence-electron chi connectivity index (χ1n) is 13.5. The predicted molar refractivity (Wildman–Crippen MR) is 158 cm³/mol. The highest BCUT2D eigenvalue weighted by atomic mass is 35.5. The van der Waals surface area contributed by atoms with Crippen molar-refractivity contribution in [1.29, 1.82) is 0 Å². The molecule has 10 nitrogen and oxygen atoms in total. The molecule has 40 heavy (non-hydrogen) atoms. The molecule has 2 aromatic carbocycles. The normalized spacial score (nSPS) is 16.3. The fraction of sp³-hybridized carbons (Fsp3) is 0.414. The van der Waals surface area contributed by atoms with E-state index in [4.69, 9.17) is 21.1 Å². The largest absolute Gasteiger partial charge is 0.444 e. The SMILES string of the molecule is CN1CCN(c2ccc(Nc3ncc(Cl)c(Oc4cccc(NC5CN(C(=O)OC(C)(C)C)C5)c4)n3)cc2)CC1. The van der Waals surface area contributed by atoms with Gasteiger partial charge >= 0.3 is 6.09 Å². The number of likely N-dealkylation sites (tertiary alicyclic amines) is 1. The fourth-order valence-corrected chi connectivity index (χ4v) is 4.60. The van der Waals surface area contributed by atoms with Crippen LogP contribution in [-0.4, -0.2) is 83.8 Å². The molecule has 0 saturated carbocycles. The van der Waals surface area contributed by atoms with Gasteiger partial charge < -0.3 is 34.8 Å². The number of carbonyl (C=O) groups excluding carboxylic acids is 1. The van der Waals surface area contributed by atoms with Gasteiger partial charge in [0.15, 0.2) is 0 Å². The molecule has 0 radical (unpaired) electrons. The molecule has 212 valence electrons. The molecule has 2 saturated heterocycles. The summed E-state index contributed by atoms with van der Waals surface area (Å²) in [4.78, 5) is 27.4. The first kappa shape index (κ1) is 27.8. The Labute approximate surface area is 240 Å². The third kappa shape index (κ3) is 7.25. The van der Waals surface area contributed by atoms with Gasteiger partial charge in [0.1, 0.15) is 16.4 Å². The number of amides is 1. The van der Waals surface area contributed by atoms with E-state index in [0.717, 1.165) is 37.6 Å². The second-order valence-corrected chi connectivity index (χ2v) is 11.6. The minimum Gasteiger partial charge on any atom is -0.444 e. The Balaban J connectivity index is 1.17. The smallest absolute Gasteiger partial charge is 0.410 e. The summed E-state index contributed by atoms with van der Waals surface area (Å²) in [6, 6.07) is 15.9. The van der Waals surface area contributed by atoms with Crippen molar-refractivity contribution < 1.29 is 14.3 Å². The van der Waals surface area contributed by atoms with Crippen LogP contribution in [0.2, 0.25) is 5.02 Å². The number of benzene rings is 2. The Kier molecular flexibility index (Phi) is 8.18. The van der Waals surface area contributed by atoms with E-state index in [1.165, 1.54) is 11.9 Å². The lowest BCUT2D eigenvalue weighted by Gasteiger charge is -2.40. The van der Waals surface area contributed by atoms with Gasteiger partial charge in [-0.15, -0.1) is 0 Å². The maximum atomic E-state index is 12.2. The van der Waals surface area contributed by atoms with Gasteiger partial charge in [0.2, 0.25) is 11.8 Å². The summed E-state index contributed by atoms with van der Waals surface area (Å²) in [5, 5.41) is 6.97. The zero-order valence-corrected chi connectivity index (χ0v) is 24.1. The molecular formula is C29H36ClN7O3. The number of likely N-dealkylation sites (N-methyl/N-ethyl adjacent to an activating group) is 1. The maximum absolute atomic E-state index is 12.2. The number of nitrogens with zero attached hydrogens (tertiary/aromatic N) is 5. The van der Waals surface area contributed by atoms with E-state index in [1.54, 1.807) is 4.90 Å². The van der Waals surface area contributed by atoms with Gasteiger partial charge in [0, 0.05) is 62.4 Å². The van der Waals surface area contributed by atoms with Gasteiger partial charge in [0.25, 0.3) is 0 Å². The molecule has 1 aromatic heterocycles. The lowest BCUT2D eigenvalue weighted by atomic mass is 10.1. The molecule has 2 aliphatic rings. The molecule has 0 aliphatic carbocycles. The van der Waals surface area contributed by atoms with Gasteiger partial charge in [0.05, 0.1) is 12.2 Å². The molecule has 1 amide bonds. The third-order valence-corrected chi connectivity index (χ3v) is 6.92. The van der Waals surface area contributed by atoms with Crippen LogP contribution in [-0.2, 0) is 4.74 Å². The average molecular weight is 566 g/mol. The summed E-state index contributed by atoms with van der Waals surface area (Å²) in [5.74, 6) is 1.22. The molecule has 3 aromatic rings. The Morgan fingerprint density at radius 2 is 1.75 bits per heavy atom. The molecule has 0 unspecified atom stereocenters. The van der Waals surface area contributed by atoms with Crippen molar-refractivity contribution >= 4 is 40.7 Å². The Hall–Kier alpha value is -3.76. The van der Waals surface area contributed by atoms with Gasteiger partial charge in [-0.1, -0.05) is 17.7 Å². The van der Waals surface area contributed by atoms with Crippen molar-refractivity contribution in [2.45, 2.75) is 32.4 Å². The van der Waals surface area contributed by atoms with Crippen LogP contribution in [0.4, 0.5) is 27.8 Å². The van der Waals surface area contributed by atoms with Crippen molar-refractivity contribution in [2.24, 2.45) is 0 Å². The van der Waals surface area contributed by atoms with Crippen LogP contribution < -0.4 is 20.3 Å². The minimum atomic E-state index is -0.506. The molecule has 0 bridgehead atoms. The van der Waals surface area contributed by atoms with Crippen LogP contribution in [0.25, 0.3) is 0 Å². The van der Waals surface area contributed by atoms with Gasteiger partial charge in [-0.05, 0) is 64.2 Å². The summed E-state index contributed by atoms with van der Waals surface area (Å²) < 4.78 is 11.4. The quantitative estimate of drug-likeness (QED) is 0.388. The predicted octanol–water partition coefficient (Wildman–Crippen LogP) is 5.45. The Bertz CT molecular complexity index is 1320. The number of rotatable bonds is 7. The average Bonchev–Trinajstić information content (AvgIpc) is 2.88. The van der Waals surface area contributed by atoms with E-state index < -0.39 is 5.60 Å². The zero-order chi connectivity index (χ0) is 28.3. The van der Waals surface area contributed by atoms with Gasteiger partial charge in [-0.2, -0.15) is 4.98 Å². The van der Waals surface area contributed by atoms with Gasteiger partial charge in [-0.25, -0.2) is 9.78 Å².